The number of nitrogens with two attached hydrogens (primary N) is 1. The van der Waals surface area contributed by atoms with Crippen LogP contribution < -0.4 is 5.73 Å². The van der Waals surface area contributed by atoms with Crippen molar-refractivity contribution < 1.29 is 13.0 Å². The van der Waals surface area contributed by atoms with E-state index in [0.29, 0.717) is 12.5 Å². The van der Waals surface area contributed by atoms with E-state index in [-0.39, 0.29) is 16.1 Å². The first-order valence-corrected chi connectivity index (χ1v) is 8.33. The van der Waals surface area contributed by atoms with Crippen molar-refractivity contribution in [3.05, 3.63) is 29.8 Å². The fourth-order valence-corrected chi connectivity index (χ4v) is 4.83. The second-order valence-corrected chi connectivity index (χ2v) is 7.13. The molecule has 0 spiro atoms. The van der Waals surface area contributed by atoms with Gasteiger partial charge in [0.25, 0.3) is 0 Å². The van der Waals surface area contributed by atoms with E-state index in [1.54, 1.807) is 0 Å². The van der Waals surface area contributed by atoms with Crippen molar-refractivity contribution in [3.63, 3.8) is 0 Å². The maximum Gasteiger partial charge on any atom is 0.139 e. The van der Waals surface area contributed by atoms with Gasteiger partial charge in [-0.05, 0) is 49.4 Å². The molecule has 20 heavy (non-hydrogen) atoms. The Hall–Kier alpha value is -0.810. The van der Waals surface area contributed by atoms with Gasteiger partial charge in [0, 0.05) is 5.25 Å². The van der Waals surface area contributed by atoms with E-state index in [9.17, 15) is 13.0 Å². The van der Waals surface area contributed by atoms with E-state index >= 15 is 0 Å². The molecule has 1 aromatic carbocycles. The van der Waals surface area contributed by atoms with E-state index < -0.39 is 22.4 Å². The summed E-state index contributed by atoms with van der Waals surface area (Å²) in [5, 5.41) is -0.171. The third-order valence-electron chi connectivity index (χ3n) is 4.30. The van der Waals surface area contributed by atoms with Crippen molar-refractivity contribution >= 4 is 10.8 Å². The molecule has 0 aromatic heterocycles. The van der Waals surface area contributed by atoms with Gasteiger partial charge in [0.15, 0.2) is 0 Å². The van der Waals surface area contributed by atoms with Crippen LogP contribution in [0.5, 0.6) is 0 Å². The number of hydrogen-bond donors (Lipinski definition) is 1. The average Bonchev–Trinajstić information content (AvgIpc) is 2.48. The van der Waals surface area contributed by atoms with Crippen LogP contribution in [0.4, 0.5) is 8.78 Å². The molecule has 4 atom stereocenters. The minimum absolute atomic E-state index is 0.0230. The highest BCUT2D eigenvalue weighted by atomic mass is 32.2. The lowest BCUT2D eigenvalue weighted by molar-refractivity contribution is 0.280. The minimum Gasteiger partial charge on any atom is -0.330 e. The molecule has 1 aromatic rings. The fraction of sp³-hybridized carbons (Fsp3) is 0.600. The highest BCUT2D eigenvalue weighted by molar-refractivity contribution is 7.85. The SMILES string of the molecule is CCC1CCC(CN)C(S(=O)c2cc(F)ccc2F)C1. The van der Waals surface area contributed by atoms with Crippen LogP contribution in [0.25, 0.3) is 0 Å². The Labute approximate surface area is 121 Å². The molecule has 2 nitrogen and oxygen atoms in total. The molecule has 2 rings (SSSR count). The number of halogens is 2. The lowest BCUT2D eigenvalue weighted by Gasteiger charge is -2.34. The first-order chi connectivity index (χ1) is 9.56. The summed E-state index contributed by atoms with van der Waals surface area (Å²) in [7, 11) is -1.54. The maximum absolute atomic E-state index is 13.8. The average molecular weight is 301 g/mol. The topological polar surface area (TPSA) is 43.1 Å². The molecule has 0 bridgehead atoms. The lowest BCUT2D eigenvalue weighted by Crippen LogP contribution is -2.37. The van der Waals surface area contributed by atoms with Crippen LogP contribution in [0.15, 0.2) is 23.1 Å². The summed E-state index contributed by atoms with van der Waals surface area (Å²) in [6.45, 7) is 2.56. The van der Waals surface area contributed by atoms with Crippen LogP contribution in [-0.4, -0.2) is 16.0 Å². The summed E-state index contributed by atoms with van der Waals surface area (Å²) in [4.78, 5) is -0.0230. The van der Waals surface area contributed by atoms with Crippen molar-refractivity contribution in [3.8, 4) is 0 Å². The first kappa shape index (κ1) is 15.6. The van der Waals surface area contributed by atoms with Crippen LogP contribution in [0, 0.1) is 23.5 Å². The van der Waals surface area contributed by atoms with Crippen LogP contribution in [0.2, 0.25) is 0 Å². The van der Waals surface area contributed by atoms with Crippen LogP contribution in [0.1, 0.15) is 32.6 Å². The van der Waals surface area contributed by atoms with E-state index in [0.717, 1.165) is 43.9 Å². The molecular formula is C15H21F2NOS. The molecule has 0 amide bonds. The normalized spacial score (nSPS) is 28.3. The van der Waals surface area contributed by atoms with Crippen molar-refractivity contribution in [2.45, 2.75) is 42.8 Å². The predicted octanol–water partition coefficient (Wildman–Crippen LogP) is 3.23. The van der Waals surface area contributed by atoms with Crippen molar-refractivity contribution in [1.29, 1.82) is 0 Å². The zero-order valence-electron chi connectivity index (χ0n) is 11.6. The monoisotopic (exact) mass is 301 g/mol. The molecule has 4 unspecified atom stereocenters. The summed E-state index contributed by atoms with van der Waals surface area (Å²) in [5.74, 6) is -0.523. The minimum atomic E-state index is -1.54. The highest BCUT2D eigenvalue weighted by Crippen LogP contribution is 2.35. The largest absolute Gasteiger partial charge is 0.330 e. The molecule has 1 aliphatic rings. The third kappa shape index (κ3) is 3.26. The molecule has 1 aliphatic carbocycles. The van der Waals surface area contributed by atoms with E-state index in [1.165, 1.54) is 0 Å². The van der Waals surface area contributed by atoms with Crippen LogP contribution >= 0.6 is 0 Å². The van der Waals surface area contributed by atoms with E-state index in [1.807, 2.05) is 0 Å². The van der Waals surface area contributed by atoms with Gasteiger partial charge in [-0.25, -0.2) is 8.78 Å². The number of hydrogen-bond acceptors (Lipinski definition) is 2. The fourth-order valence-electron chi connectivity index (χ4n) is 2.97. The van der Waals surface area contributed by atoms with Gasteiger partial charge in [-0.15, -0.1) is 0 Å². The Balaban J connectivity index is 2.26. The molecule has 112 valence electrons. The zero-order chi connectivity index (χ0) is 14.7. The van der Waals surface area contributed by atoms with Crippen LogP contribution in [0.3, 0.4) is 0 Å². The van der Waals surface area contributed by atoms with Gasteiger partial charge in [0.1, 0.15) is 11.6 Å². The third-order valence-corrected chi connectivity index (χ3v) is 6.18. The highest BCUT2D eigenvalue weighted by Gasteiger charge is 2.34. The Bertz CT molecular complexity index is 495. The van der Waals surface area contributed by atoms with Gasteiger partial charge in [-0.2, -0.15) is 0 Å². The van der Waals surface area contributed by atoms with Gasteiger partial charge in [0.2, 0.25) is 0 Å². The number of rotatable bonds is 4. The summed E-state index contributed by atoms with van der Waals surface area (Å²) in [5.41, 5.74) is 5.76. The van der Waals surface area contributed by atoms with Crippen molar-refractivity contribution in [2.24, 2.45) is 17.6 Å². The van der Waals surface area contributed by atoms with Gasteiger partial charge in [-0.1, -0.05) is 19.8 Å². The van der Waals surface area contributed by atoms with Gasteiger partial charge in [-0.3, -0.25) is 4.21 Å². The van der Waals surface area contributed by atoms with Gasteiger partial charge < -0.3 is 5.73 Å². The first-order valence-electron chi connectivity index (χ1n) is 7.12. The second-order valence-electron chi connectivity index (χ2n) is 5.49. The summed E-state index contributed by atoms with van der Waals surface area (Å²) >= 11 is 0. The Morgan fingerprint density at radius 1 is 1.35 bits per heavy atom. The maximum atomic E-state index is 13.8. The Morgan fingerprint density at radius 2 is 2.10 bits per heavy atom. The molecule has 0 aliphatic heterocycles. The van der Waals surface area contributed by atoms with Gasteiger partial charge in [0.05, 0.1) is 15.7 Å². The summed E-state index contributed by atoms with van der Waals surface area (Å²) < 4.78 is 39.7. The summed E-state index contributed by atoms with van der Waals surface area (Å²) in [6, 6.07) is 3.14. The molecule has 5 heteroatoms. The van der Waals surface area contributed by atoms with E-state index in [4.69, 9.17) is 5.73 Å². The zero-order valence-corrected chi connectivity index (χ0v) is 12.5. The molecule has 0 heterocycles. The van der Waals surface area contributed by atoms with Crippen molar-refractivity contribution in [2.75, 3.05) is 6.54 Å². The van der Waals surface area contributed by atoms with Crippen LogP contribution in [-0.2, 0) is 10.8 Å². The molecular weight excluding hydrogens is 280 g/mol. The molecule has 0 radical (unpaired) electrons. The predicted molar refractivity (Wildman–Crippen MR) is 76.7 cm³/mol. The summed E-state index contributed by atoms with van der Waals surface area (Å²) in [6.07, 6.45) is 3.80. The molecule has 0 saturated heterocycles. The Morgan fingerprint density at radius 3 is 2.75 bits per heavy atom. The van der Waals surface area contributed by atoms with E-state index in [2.05, 4.69) is 6.92 Å². The molecule has 2 N–H and O–H groups in total. The Kier molecular flexibility index (Phi) is 5.27. The lowest BCUT2D eigenvalue weighted by atomic mass is 9.80. The number of benzene rings is 1. The second kappa shape index (κ2) is 6.76. The molecule has 1 saturated carbocycles. The van der Waals surface area contributed by atoms with Crippen molar-refractivity contribution in [1.82, 2.24) is 0 Å². The standard InChI is InChI=1S/C15H21F2NOS/c1-2-10-3-4-11(9-18)14(7-10)20(19)15-8-12(16)5-6-13(15)17/h5-6,8,10-11,14H,2-4,7,9,18H2,1H3. The smallest absolute Gasteiger partial charge is 0.139 e. The molecule has 1 fully saturated rings. The van der Waals surface area contributed by atoms with Gasteiger partial charge >= 0.3 is 0 Å². The quantitative estimate of drug-likeness (QED) is 0.928.